The summed E-state index contributed by atoms with van der Waals surface area (Å²) in [6.45, 7) is 3.98. The Balaban J connectivity index is 0.000000490. The van der Waals surface area contributed by atoms with Gasteiger partial charge in [-0.05, 0) is 13.8 Å². The maximum Gasteiger partial charge on any atom is 0.0925 e. The number of rotatable bonds is 0. The first-order valence-electron chi connectivity index (χ1n) is 2.27. The van der Waals surface area contributed by atoms with E-state index in [-0.39, 0.29) is 1.43 Å². The first kappa shape index (κ1) is 4.37. The van der Waals surface area contributed by atoms with Crippen LogP contribution in [0.25, 0.3) is 0 Å². The lowest BCUT2D eigenvalue weighted by atomic mass is 10.4. The van der Waals surface area contributed by atoms with E-state index in [1.165, 1.54) is 0 Å². The summed E-state index contributed by atoms with van der Waals surface area (Å²) >= 11 is 0. The molecular weight excluding hydrogens is 88.1 g/mol. The van der Waals surface area contributed by atoms with Gasteiger partial charge in [-0.3, -0.25) is 0 Å². The molecule has 0 aromatic carbocycles. The first-order chi connectivity index (χ1) is 3.30. The molecule has 0 saturated heterocycles. The fourth-order valence-electron chi connectivity index (χ4n) is 0.427. The fraction of sp³-hybridized carbons (Fsp3) is 0.400. The highest BCUT2D eigenvalue weighted by molar-refractivity contribution is 5.04. The van der Waals surface area contributed by atoms with Gasteiger partial charge in [-0.15, -0.1) is 0 Å². The van der Waals surface area contributed by atoms with Crippen LogP contribution in [0.1, 0.15) is 12.8 Å². The summed E-state index contributed by atoms with van der Waals surface area (Å²) in [6.07, 6.45) is 1.70. The van der Waals surface area contributed by atoms with Crippen molar-refractivity contribution in [2.45, 2.75) is 13.8 Å². The number of aryl methyl sites for hydroxylation is 2. The average Bonchev–Trinajstić information content (AvgIpc) is 1.91. The zero-order valence-electron chi connectivity index (χ0n) is 4.52. The standard InChI is InChI=1S/C5H8N2.H2/c1-4-5(2)7-3-6-4;/h3H,1-2H3,(H,6,7);1H. The zero-order valence-corrected chi connectivity index (χ0v) is 4.52. The van der Waals surface area contributed by atoms with Crippen molar-refractivity contribution in [3.63, 3.8) is 0 Å². The predicted molar refractivity (Wildman–Crippen MR) is 30.2 cm³/mol. The van der Waals surface area contributed by atoms with Crippen LogP contribution in [0.2, 0.25) is 0 Å². The summed E-state index contributed by atoms with van der Waals surface area (Å²) in [5.41, 5.74) is 2.24. The van der Waals surface area contributed by atoms with Crippen molar-refractivity contribution in [1.29, 1.82) is 0 Å². The minimum absolute atomic E-state index is 0. The summed E-state index contributed by atoms with van der Waals surface area (Å²) in [5.74, 6) is 0. The number of hydrogen-bond acceptors (Lipinski definition) is 1. The van der Waals surface area contributed by atoms with Crippen molar-refractivity contribution in [2.24, 2.45) is 0 Å². The van der Waals surface area contributed by atoms with Crippen molar-refractivity contribution < 1.29 is 1.43 Å². The van der Waals surface area contributed by atoms with Crippen LogP contribution in [0.5, 0.6) is 0 Å². The summed E-state index contributed by atoms with van der Waals surface area (Å²) < 4.78 is 0. The number of aromatic nitrogens is 2. The van der Waals surface area contributed by atoms with Crippen molar-refractivity contribution in [1.82, 2.24) is 9.97 Å². The van der Waals surface area contributed by atoms with Crippen molar-refractivity contribution in [3.05, 3.63) is 17.7 Å². The van der Waals surface area contributed by atoms with E-state index in [9.17, 15) is 0 Å². The van der Waals surface area contributed by atoms with E-state index in [0.717, 1.165) is 11.4 Å². The number of hydrogen-bond donors (Lipinski definition) is 1. The van der Waals surface area contributed by atoms with Crippen LogP contribution in [-0.4, -0.2) is 9.97 Å². The van der Waals surface area contributed by atoms with Gasteiger partial charge in [0.2, 0.25) is 0 Å². The second-order valence-electron chi connectivity index (χ2n) is 1.61. The molecule has 1 heterocycles. The van der Waals surface area contributed by atoms with E-state index in [1.54, 1.807) is 6.33 Å². The Morgan fingerprint density at radius 2 is 2.43 bits per heavy atom. The maximum atomic E-state index is 3.96. The molecule has 0 aliphatic rings. The van der Waals surface area contributed by atoms with Crippen molar-refractivity contribution in [3.8, 4) is 0 Å². The van der Waals surface area contributed by atoms with Crippen molar-refractivity contribution in [2.75, 3.05) is 0 Å². The van der Waals surface area contributed by atoms with Gasteiger partial charge in [0.25, 0.3) is 0 Å². The van der Waals surface area contributed by atoms with Gasteiger partial charge < -0.3 is 4.98 Å². The first-order valence-corrected chi connectivity index (χ1v) is 2.27. The highest BCUT2D eigenvalue weighted by Crippen LogP contribution is 1.94. The molecule has 0 radical (unpaired) electrons. The Bertz CT molecular complexity index is 143. The number of H-pyrrole nitrogens is 1. The SMILES string of the molecule is Cc1nc[nH]c1C.[HH]. The molecular formula is C5H10N2. The molecule has 0 bridgehead atoms. The van der Waals surface area contributed by atoms with Gasteiger partial charge in [-0.1, -0.05) is 0 Å². The Morgan fingerprint density at radius 1 is 1.71 bits per heavy atom. The molecule has 7 heavy (non-hydrogen) atoms. The van der Waals surface area contributed by atoms with Gasteiger partial charge in [-0.2, -0.15) is 0 Å². The third-order valence-corrected chi connectivity index (χ3v) is 1.08. The van der Waals surface area contributed by atoms with Gasteiger partial charge in [-0.25, -0.2) is 4.98 Å². The number of nitrogens with one attached hydrogen (secondary N) is 1. The minimum Gasteiger partial charge on any atom is -0.348 e. The summed E-state index contributed by atoms with van der Waals surface area (Å²) in [5, 5.41) is 0. The Kier molecular flexibility index (Phi) is 0.855. The molecule has 0 amide bonds. The number of aromatic amines is 1. The second kappa shape index (κ2) is 1.37. The number of nitrogens with zero attached hydrogens (tertiary/aromatic N) is 1. The smallest absolute Gasteiger partial charge is 0.0925 e. The van der Waals surface area contributed by atoms with Gasteiger partial charge in [0.05, 0.1) is 12.0 Å². The van der Waals surface area contributed by atoms with Crippen LogP contribution in [0, 0.1) is 13.8 Å². The molecule has 2 nitrogen and oxygen atoms in total. The topological polar surface area (TPSA) is 28.7 Å². The minimum atomic E-state index is 0. The monoisotopic (exact) mass is 98.1 g/mol. The number of imidazole rings is 1. The van der Waals surface area contributed by atoms with Crippen LogP contribution in [0.4, 0.5) is 0 Å². The van der Waals surface area contributed by atoms with Gasteiger partial charge in [0.15, 0.2) is 0 Å². The molecule has 0 atom stereocenters. The summed E-state index contributed by atoms with van der Waals surface area (Å²) in [7, 11) is 0. The summed E-state index contributed by atoms with van der Waals surface area (Å²) in [6, 6.07) is 0. The molecule has 1 aromatic heterocycles. The van der Waals surface area contributed by atoms with Crippen LogP contribution in [0.3, 0.4) is 0 Å². The molecule has 0 aliphatic carbocycles. The van der Waals surface area contributed by atoms with Crippen LogP contribution >= 0.6 is 0 Å². The van der Waals surface area contributed by atoms with Crippen LogP contribution < -0.4 is 0 Å². The molecule has 1 aromatic rings. The molecule has 1 N–H and O–H groups in total. The Labute approximate surface area is 44.1 Å². The lowest BCUT2D eigenvalue weighted by Gasteiger charge is -1.79. The molecule has 0 unspecified atom stereocenters. The highest BCUT2D eigenvalue weighted by Gasteiger charge is 1.87. The van der Waals surface area contributed by atoms with Crippen LogP contribution in [-0.2, 0) is 0 Å². The molecule has 0 fully saturated rings. The van der Waals surface area contributed by atoms with E-state index in [0.29, 0.717) is 0 Å². The molecule has 1 rings (SSSR count). The largest absolute Gasteiger partial charge is 0.348 e. The van der Waals surface area contributed by atoms with Crippen molar-refractivity contribution >= 4 is 0 Å². The Morgan fingerprint density at radius 3 is 2.57 bits per heavy atom. The van der Waals surface area contributed by atoms with E-state index < -0.39 is 0 Å². The molecule has 0 aliphatic heterocycles. The maximum absolute atomic E-state index is 3.96. The predicted octanol–water partition coefficient (Wildman–Crippen LogP) is 1.27. The highest BCUT2D eigenvalue weighted by atomic mass is 14.9. The molecule has 0 saturated carbocycles. The second-order valence-corrected chi connectivity index (χ2v) is 1.61. The normalized spacial score (nSPS) is 9.43. The molecule has 0 spiro atoms. The van der Waals surface area contributed by atoms with E-state index >= 15 is 0 Å². The third-order valence-electron chi connectivity index (χ3n) is 1.08. The fourth-order valence-corrected chi connectivity index (χ4v) is 0.427. The quantitative estimate of drug-likeness (QED) is 0.520. The van der Waals surface area contributed by atoms with Crippen LogP contribution in [0.15, 0.2) is 6.33 Å². The third kappa shape index (κ3) is 0.633. The molecule has 2 heteroatoms. The Hall–Kier alpha value is -0.790. The van der Waals surface area contributed by atoms with E-state index in [2.05, 4.69) is 9.97 Å². The molecule has 40 valence electrons. The van der Waals surface area contributed by atoms with Gasteiger partial charge in [0, 0.05) is 7.12 Å². The lowest BCUT2D eigenvalue weighted by molar-refractivity contribution is 1.22. The zero-order chi connectivity index (χ0) is 5.28. The lowest BCUT2D eigenvalue weighted by Crippen LogP contribution is -1.71. The van der Waals surface area contributed by atoms with E-state index in [4.69, 9.17) is 0 Å². The van der Waals surface area contributed by atoms with E-state index in [1.807, 2.05) is 13.8 Å². The summed E-state index contributed by atoms with van der Waals surface area (Å²) in [4.78, 5) is 6.92. The van der Waals surface area contributed by atoms with Gasteiger partial charge >= 0.3 is 0 Å². The average molecular weight is 98.1 g/mol. The van der Waals surface area contributed by atoms with Gasteiger partial charge in [0.1, 0.15) is 0 Å².